The molecule has 0 aliphatic rings. The van der Waals surface area contributed by atoms with Gasteiger partial charge in [-0.2, -0.15) is 0 Å². The average molecular weight is 209 g/mol. The van der Waals surface area contributed by atoms with Gasteiger partial charge in [0.25, 0.3) is 0 Å². The van der Waals surface area contributed by atoms with E-state index >= 15 is 0 Å². The molecule has 0 atom stereocenters. The molecule has 9 heavy (non-hydrogen) atoms. The van der Waals surface area contributed by atoms with Crippen LogP contribution < -0.4 is 10.2 Å². The van der Waals surface area contributed by atoms with Gasteiger partial charge in [0.05, 0.1) is 0 Å². The van der Waals surface area contributed by atoms with Gasteiger partial charge in [0.1, 0.15) is 0 Å². The molecule has 0 aromatic rings. The Labute approximate surface area is 76.4 Å². The van der Waals surface area contributed by atoms with Gasteiger partial charge in [0, 0.05) is 0 Å². The third-order valence-corrected chi connectivity index (χ3v) is 0.408. The second-order valence-corrected chi connectivity index (χ2v) is 1.41. The summed E-state index contributed by atoms with van der Waals surface area (Å²) in [6.45, 7) is 3.88. The van der Waals surface area contributed by atoms with Crippen LogP contribution in [0, 0.1) is 0 Å². The van der Waals surface area contributed by atoms with E-state index < -0.39 is 0 Å². The summed E-state index contributed by atoms with van der Waals surface area (Å²) >= 11 is 0. The van der Waals surface area contributed by atoms with Crippen molar-refractivity contribution >= 4 is 0 Å². The SMILES string of the molecule is CCC[O-].CCC[O-].[Zr+4]. The van der Waals surface area contributed by atoms with E-state index in [9.17, 15) is 10.2 Å². The van der Waals surface area contributed by atoms with Crippen LogP contribution in [0.5, 0.6) is 0 Å². The molecule has 0 bridgehead atoms. The maximum Gasteiger partial charge on any atom is 4.00 e. The van der Waals surface area contributed by atoms with Gasteiger partial charge in [0.15, 0.2) is 0 Å². The van der Waals surface area contributed by atoms with Gasteiger partial charge in [-0.3, -0.25) is 0 Å². The van der Waals surface area contributed by atoms with Crippen LogP contribution in [0.4, 0.5) is 0 Å². The number of hydrogen-bond acceptors (Lipinski definition) is 2. The van der Waals surface area contributed by atoms with Gasteiger partial charge < -0.3 is 10.2 Å². The molecule has 3 heteroatoms. The van der Waals surface area contributed by atoms with Crippen LogP contribution in [-0.2, 0) is 26.2 Å². The van der Waals surface area contributed by atoms with E-state index in [0.29, 0.717) is 0 Å². The fourth-order valence-electron chi connectivity index (χ4n) is 0. The first-order valence-corrected chi connectivity index (χ1v) is 2.99. The van der Waals surface area contributed by atoms with Gasteiger partial charge in [-0.1, -0.05) is 26.7 Å². The predicted octanol–water partition coefficient (Wildman–Crippen LogP) is -0.489. The molecule has 0 unspecified atom stereocenters. The summed E-state index contributed by atoms with van der Waals surface area (Å²) in [5.41, 5.74) is 0. The minimum absolute atomic E-state index is 0. The van der Waals surface area contributed by atoms with Gasteiger partial charge in [-0.25, -0.2) is 0 Å². The number of rotatable bonds is 2. The minimum atomic E-state index is 0. The Hall–Kier alpha value is 0.803. The quantitative estimate of drug-likeness (QED) is 0.616. The molecular weight excluding hydrogens is 195 g/mol. The van der Waals surface area contributed by atoms with E-state index in [1.54, 1.807) is 0 Å². The van der Waals surface area contributed by atoms with Crippen molar-refractivity contribution < 1.29 is 36.4 Å². The van der Waals surface area contributed by atoms with Crippen molar-refractivity contribution in [3.05, 3.63) is 0 Å². The van der Waals surface area contributed by atoms with E-state index in [0.717, 1.165) is 12.8 Å². The van der Waals surface area contributed by atoms with Crippen LogP contribution in [-0.4, -0.2) is 13.2 Å². The van der Waals surface area contributed by atoms with E-state index in [-0.39, 0.29) is 39.4 Å². The molecule has 0 fully saturated rings. The molecule has 0 saturated carbocycles. The molecule has 0 rings (SSSR count). The van der Waals surface area contributed by atoms with Crippen molar-refractivity contribution in [1.29, 1.82) is 0 Å². The second kappa shape index (κ2) is 23.2. The van der Waals surface area contributed by atoms with E-state index in [4.69, 9.17) is 0 Å². The van der Waals surface area contributed by atoms with Crippen LogP contribution in [0.2, 0.25) is 0 Å². The van der Waals surface area contributed by atoms with Crippen molar-refractivity contribution in [3.8, 4) is 0 Å². The summed E-state index contributed by atoms with van der Waals surface area (Å²) in [5.74, 6) is 0. The molecule has 0 aliphatic heterocycles. The first kappa shape index (κ1) is 16.4. The molecule has 52 valence electrons. The molecule has 0 spiro atoms. The van der Waals surface area contributed by atoms with E-state index in [1.807, 2.05) is 13.8 Å². The standard InChI is InChI=1S/2C3H7O.Zr/c2*1-2-3-4;/h2*2-3H2,1H3;/q2*-1;+4. The predicted molar refractivity (Wildman–Crippen MR) is 30.3 cm³/mol. The third-order valence-electron chi connectivity index (χ3n) is 0.408. The van der Waals surface area contributed by atoms with Crippen LogP contribution in [0.15, 0.2) is 0 Å². The summed E-state index contributed by atoms with van der Waals surface area (Å²) in [6, 6.07) is 0. The van der Waals surface area contributed by atoms with Crippen LogP contribution in [0.1, 0.15) is 26.7 Å². The zero-order valence-corrected chi connectivity index (χ0v) is 8.60. The van der Waals surface area contributed by atoms with Crippen molar-refractivity contribution in [3.63, 3.8) is 0 Å². The molecule has 0 aliphatic carbocycles. The van der Waals surface area contributed by atoms with Gasteiger partial charge in [-0.15, -0.1) is 13.2 Å². The van der Waals surface area contributed by atoms with E-state index in [2.05, 4.69) is 0 Å². The van der Waals surface area contributed by atoms with Crippen LogP contribution in [0.25, 0.3) is 0 Å². The normalized spacial score (nSPS) is 6.67. The van der Waals surface area contributed by atoms with Gasteiger partial charge in [-0.05, 0) is 0 Å². The maximum atomic E-state index is 9.30. The molecule has 0 saturated heterocycles. The molecule has 0 N–H and O–H groups in total. The third kappa shape index (κ3) is 51.9. The zero-order chi connectivity index (χ0) is 6.83. The van der Waals surface area contributed by atoms with Crippen LogP contribution >= 0.6 is 0 Å². The zero-order valence-electron chi connectivity index (χ0n) is 6.14. The molecule has 0 aromatic heterocycles. The van der Waals surface area contributed by atoms with Gasteiger partial charge >= 0.3 is 26.2 Å². The topological polar surface area (TPSA) is 46.1 Å². The Morgan fingerprint density at radius 2 is 1.00 bits per heavy atom. The van der Waals surface area contributed by atoms with E-state index in [1.165, 1.54) is 0 Å². The van der Waals surface area contributed by atoms with Crippen molar-refractivity contribution in [2.24, 2.45) is 0 Å². The number of hydrogen-bond donors (Lipinski definition) is 0. The first-order chi connectivity index (χ1) is 3.83. The fourth-order valence-corrected chi connectivity index (χ4v) is 0. The maximum absolute atomic E-state index is 9.30. The molecule has 2 nitrogen and oxygen atoms in total. The van der Waals surface area contributed by atoms with Crippen molar-refractivity contribution in [1.82, 2.24) is 0 Å². The minimum Gasteiger partial charge on any atom is -0.854 e. The summed E-state index contributed by atoms with van der Waals surface area (Å²) in [5, 5.41) is 18.6. The Balaban J connectivity index is -0.0000000720. The smallest absolute Gasteiger partial charge is 0.854 e. The fraction of sp³-hybridized carbons (Fsp3) is 1.00. The molecule has 0 heterocycles. The average Bonchev–Trinajstić information content (AvgIpc) is 1.88. The molecule has 0 amide bonds. The van der Waals surface area contributed by atoms with Crippen molar-refractivity contribution in [2.75, 3.05) is 13.2 Å². The Kier molecular flexibility index (Phi) is 42.4. The monoisotopic (exact) mass is 208 g/mol. The second-order valence-electron chi connectivity index (χ2n) is 1.41. The Bertz CT molecular complexity index is 19.0. The Morgan fingerprint density at radius 3 is 1.00 bits per heavy atom. The first-order valence-electron chi connectivity index (χ1n) is 2.99. The summed E-state index contributed by atoms with van der Waals surface area (Å²) in [6.07, 6.45) is 1.53. The Morgan fingerprint density at radius 1 is 0.889 bits per heavy atom. The molecule has 0 aromatic carbocycles. The molecule has 0 radical (unpaired) electrons. The molecular formula is C6H14O2Zr+2. The van der Waals surface area contributed by atoms with Crippen LogP contribution in [0.3, 0.4) is 0 Å². The summed E-state index contributed by atoms with van der Waals surface area (Å²) in [7, 11) is 0. The van der Waals surface area contributed by atoms with Crippen molar-refractivity contribution in [2.45, 2.75) is 26.7 Å². The van der Waals surface area contributed by atoms with Gasteiger partial charge in [0.2, 0.25) is 0 Å². The largest absolute Gasteiger partial charge is 4.00 e. The summed E-state index contributed by atoms with van der Waals surface area (Å²) in [4.78, 5) is 0. The summed E-state index contributed by atoms with van der Waals surface area (Å²) < 4.78 is 0.